The van der Waals surface area contributed by atoms with E-state index in [0.717, 1.165) is 11.8 Å². The first-order valence-corrected chi connectivity index (χ1v) is 8.82. The van der Waals surface area contributed by atoms with Crippen molar-refractivity contribution in [3.63, 3.8) is 0 Å². The lowest BCUT2D eigenvalue weighted by Crippen LogP contribution is -2.23. The molecule has 2 rings (SSSR count). The molecule has 0 spiro atoms. The molecule has 0 bridgehead atoms. The lowest BCUT2D eigenvalue weighted by molar-refractivity contribution is 0.0538. The Kier molecular flexibility index (Phi) is 5.37. The number of benzene rings is 1. The number of para-hydroxylation sites is 1. The van der Waals surface area contributed by atoms with Crippen LogP contribution >= 0.6 is 0 Å². The van der Waals surface area contributed by atoms with Crippen LogP contribution in [0.2, 0.25) is 0 Å². The Hall–Kier alpha value is -2.65. The predicted molar refractivity (Wildman–Crippen MR) is 91.6 cm³/mol. The predicted octanol–water partition coefficient (Wildman–Crippen LogP) is 1.80. The first kappa shape index (κ1) is 17.7. The molecule has 128 valence electrons. The summed E-state index contributed by atoms with van der Waals surface area (Å²) in [5.74, 6) is -0.474. The van der Waals surface area contributed by atoms with Crippen molar-refractivity contribution in [2.24, 2.45) is 0 Å². The van der Waals surface area contributed by atoms with E-state index < -0.39 is 15.9 Å². The van der Waals surface area contributed by atoms with Crippen LogP contribution in [-0.2, 0) is 14.9 Å². The fourth-order valence-corrected chi connectivity index (χ4v) is 2.71. The van der Waals surface area contributed by atoms with Gasteiger partial charge in [-0.1, -0.05) is 12.1 Å². The summed E-state index contributed by atoms with van der Waals surface area (Å²) < 4.78 is 25.7. The zero-order valence-electron chi connectivity index (χ0n) is 13.5. The van der Waals surface area contributed by atoms with Gasteiger partial charge in [-0.3, -0.25) is 19.3 Å². The molecular formula is C15H18N4O4S. The second kappa shape index (κ2) is 7.28. The standard InChI is InChI=1S/C15H18N4O4S/c1-10-5-4-6-13(14(10)19-24(3,21)22)17-12-7-8-16-9-11(12)15(20)18-23-2/h4-9,19H,1-3H3,(H,16,17)(H,18,20). The number of nitrogens with one attached hydrogen (secondary N) is 3. The van der Waals surface area contributed by atoms with Gasteiger partial charge in [-0.15, -0.1) is 0 Å². The largest absolute Gasteiger partial charge is 0.353 e. The van der Waals surface area contributed by atoms with Gasteiger partial charge < -0.3 is 5.32 Å². The van der Waals surface area contributed by atoms with Crippen molar-refractivity contribution >= 4 is 33.0 Å². The highest BCUT2D eigenvalue weighted by Gasteiger charge is 2.15. The fraction of sp³-hybridized carbons (Fsp3) is 0.200. The maximum absolute atomic E-state index is 12.0. The molecule has 1 heterocycles. The van der Waals surface area contributed by atoms with E-state index in [9.17, 15) is 13.2 Å². The van der Waals surface area contributed by atoms with E-state index in [2.05, 4.69) is 25.3 Å². The van der Waals surface area contributed by atoms with Crippen molar-refractivity contribution in [2.45, 2.75) is 6.92 Å². The Morgan fingerprint density at radius 3 is 2.62 bits per heavy atom. The normalized spacial score (nSPS) is 11.0. The summed E-state index contributed by atoms with van der Waals surface area (Å²) in [5.41, 5.74) is 4.60. The van der Waals surface area contributed by atoms with Gasteiger partial charge in [0.25, 0.3) is 5.91 Å². The summed E-state index contributed by atoms with van der Waals surface area (Å²) in [6, 6.07) is 6.88. The Morgan fingerprint density at radius 2 is 1.96 bits per heavy atom. The zero-order chi connectivity index (χ0) is 17.7. The third-order valence-corrected chi connectivity index (χ3v) is 3.66. The molecule has 1 aromatic heterocycles. The van der Waals surface area contributed by atoms with Gasteiger partial charge in [-0.25, -0.2) is 13.9 Å². The number of amides is 1. The van der Waals surface area contributed by atoms with Crippen LogP contribution < -0.4 is 15.5 Å². The van der Waals surface area contributed by atoms with E-state index in [1.807, 2.05) is 0 Å². The summed E-state index contributed by atoms with van der Waals surface area (Å²) >= 11 is 0. The molecule has 0 saturated heterocycles. The highest BCUT2D eigenvalue weighted by molar-refractivity contribution is 7.92. The van der Waals surface area contributed by atoms with Crippen LogP contribution in [0.1, 0.15) is 15.9 Å². The number of nitrogens with zero attached hydrogens (tertiary/aromatic N) is 1. The van der Waals surface area contributed by atoms with Crippen LogP contribution in [0, 0.1) is 6.92 Å². The average Bonchev–Trinajstić information content (AvgIpc) is 2.50. The summed E-state index contributed by atoms with van der Waals surface area (Å²) in [6.45, 7) is 1.78. The molecule has 3 N–H and O–H groups in total. The van der Waals surface area contributed by atoms with Gasteiger partial charge in [0, 0.05) is 12.4 Å². The van der Waals surface area contributed by atoms with Crippen LogP contribution in [0.15, 0.2) is 36.7 Å². The molecule has 0 radical (unpaired) electrons. The SMILES string of the molecule is CONC(=O)c1cnccc1Nc1cccc(C)c1NS(C)(=O)=O. The van der Waals surface area contributed by atoms with Gasteiger partial charge in [-0.2, -0.15) is 0 Å². The van der Waals surface area contributed by atoms with Gasteiger partial charge >= 0.3 is 0 Å². The van der Waals surface area contributed by atoms with Crippen molar-refractivity contribution in [3.05, 3.63) is 47.8 Å². The molecule has 0 aliphatic heterocycles. The van der Waals surface area contributed by atoms with Gasteiger partial charge in [0.1, 0.15) is 0 Å². The van der Waals surface area contributed by atoms with Gasteiger partial charge in [-0.05, 0) is 24.6 Å². The Balaban J connectivity index is 2.43. The minimum atomic E-state index is -3.45. The second-order valence-corrected chi connectivity index (χ2v) is 6.80. The van der Waals surface area contributed by atoms with Gasteiger partial charge in [0.05, 0.1) is 36.0 Å². The number of pyridine rings is 1. The maximum atomic E-state index is 12.0. The molecule has 1 amide bonds. The molecule has 0 atom stereocenters. The first-order chi connectivity index (χ1) is 11.3. The maximum Gasteiger partial charge on any atom is 0.278 e. The first-order valence-electron chi connectivity index (χ1n) is 6.93. The summed E-state index contributed by atoms with van der Waals surface area (Å²) in [7, 11) is -2.12. The van der Waals surface area contributed by atoms with Crippen molar-refractivity contribution in [1.29, 1.82) is 0 Å². The molecule has 1 aromatic carbocycles. The zero-order valence-corrected chi connectivity index (χ0v) is 14.3. The topological polar surface area (TPSA) is 109 Å². The highest BCUT2D eigenvalue weighted by atomic mass is 32.2. The minimum Gasteiger partial charge on any atom is -0.353 e. The number of sulfonamides is 1. The minimum absolute atomic E-state index is 0.256. The molecule has 24 heavy (non-hydrogen) atoms. The number of carbonyl (C=O) groups excluding carboxylic acids is 1. The second-order valence-electron chi connectivity index (χ2n) is 5.05. The highest BCUT2D eigenvalue weighted by Crippen LogP contribution is 2.30. The number of aryl methyl sites for hydroxylation is 1. The van der Waals surface area contributed by atoms with Crippen molar-refractivity contribution < 1.29 is 18.0 Å². The molecule has 0 fully saturated rings. The van der Waals surface area contributed by atoms with Crippen molar-refractivity contribution in [1.82, 2.24) is 10.5 Å². The van der Waals surface area contributed by atoms with E-state index in [4.69, 9.17) is 0 Å². The average molecular weight is 350 g/mol. The van der Waals surface area contributed by atoms with Crippen LogP contribution in [0.5, 0.6) is 0 Å². The lowest BCUT2D eigenvalue weighted by Gasteiger charge is -2.16. The van der Waals surface area contributed by atoms with E-state index in [1.165, 1.54) is 19.5 Å². The smallest absolute Gasteiger partial charge is 0.278 e. The quantitative estimate of drug-likeness (QED) is 0.685. The number of hydrogen-bond donors (Lipinski definition) is 3. The molecule has 0 aliphatic carbocycles. The van der Waals surface area contributed by atoms with E-state index in [1.54, 1.807) is 31.2 Å². The molecule has 8 nitrogen and oxygen atoms in total. The Labute approximate surface area is 140 Å². The molecule has 0 aliphatic rings. The number of aromatic nitrogens is 1. The summed E-state index contributed by atoms with van der Waals surface area (Å²) in [4.78, 5) is 20.6. The van der Waals surface area contributed by atoms with E-state index >= 15 is 0 Å². The third-order valence-electron chi connectivity index (χ3n) is 3.09. The monoisotopic (exact) mass is 350 g/mol. The van der Waals surface area contributed by atoms with Crippen LogP contribution in [0.4, 0.5) is 17.1 Å². The number of hydrogen-bond acceptors (Lipinski definition) is 6. The number of anilines is 3. The van der Waals surface area contributed by atoms with E-state index in [0.29, 0.717) is 17.1 Å². The number of rotatable bonds is 6. The lowest BCUT2D eigenvalue weighted by atomic mass is 10.1. The number of hydroxylamine groups is 1. The number of carbonyl (C=O) groups is 1. The Morgan fingerprint density at radius 1 is 1.21 bits per heavy atom. The Bertz CT molecular complexity index is 852. The van der Waals surface area contributed by atoms with Crippen LogP contribution in [0.3, 0.4) is 0 Å². The fourth-order valence-electron chi connectivity index (χ4n) is 2.07. The molecule has 9 heteroatoms. The van der Waals surface area contributed by atoms with Gasteiger partial charge in [0.2, 0.25) is 10.0 Å². The van der Waals surface area contributed by atoms with Gasteiger partial charge in [0.15, 0.2) is 0 Å². The third kappa shape index (κ3) is 4.43. The molecule has 0 unspecified atom stereocenters. The van der Waals surface area contributed by atoms with Crippen LogP contribution in [0.25, 0.3) is 0 Å². The molecule has 0 saturated carbocycles. The van der Waals surface area contributed by atoms with Crippen LogP contribution in [-0.4, -0.2) is 32.7 Å². The summed E-state index contributed by atoms with van der Waals surface area (Å²) in [6.07, 6.45) is 3.98. The molecular weight excluding hydrogens is 332 g/mol. The molecule has 2 aromatic rings. The summed E-state index contributed by atoms with van der Waals surface area (Å²) in [5, 5.41) is 3.06. The van der Waals surface area contributed by atoms with E-state index in [-0.39, 0.29) is 5.56 Å². The van der Waals surface area contributed by atoms with Crippen molar-refractivity contribution in [3.8, 4) is 0 Å². The van der Waals surface area contributed by atoms with Crippen molar-refractivity contribution in [2.75, 3.05) is 23.4 Å².